The molecule has 0 bridgehead atoms. The van der Waals surface area contributed by atoms with Crippen molar-refractivity contribution >= 4 is 37.2 Å². The van der Waals surface area contributed by atoms with Gasteiger partial charge in [-0.2, -0.15) is 0 Å². The van der Waals surface area contributed by atoms with E-state index in [9.17, 15) is 13.2 Å². The zero-order valence-corrected chi connectivity index (χ0v) is 12.5. The fourth-order valence-electron chi connectivity index (χ4n) is 1.93. The molecule has 2 aromatic carbocycles. The Morgan fingerprint density at radius 2 is 1.67 bits per heavy atom. The number of para-hydroxylation sites is 1. The minimum absolute atomic E-state index is 0.00650. The summed E-state index contributed by atoms with van der Waals surface area (Å²) in [5.74, 6) is -0.980. The summed E-state index contributed by atoms with van der Waals surface area (Å²) >= 11 is 1.09. The van der Waals surface area contributed by atoms with Crippen molar-refractivity contribution in [2.45, 2.75) is 4.34 Å². The number of carbonyl (C=O) groups excluding carboxylic acids is 1. The van der Waals surface area contributed by atoms with E-state index in [-0.39, 0.29) is 4.34 Å². The van der Waals surface area contributed by atoms with Gasteiger partial charge in [0.05, 0.1) is 10.2 Å². The van der Waals surface area contributed by atoms with Crippen LogP contribution in [0, 0.1) is 0 Å². The van der Waals surface area contributed by atoms with E-state index in [0.717, 1.165) is 16.0 Å². The largest absolute Gasteiger partial charge is 0.293 e. The number of rotatable bonds is 4. The number of aromatic nitrogens is 1. The molecule has 0 atom stereocenters. The van der Waals surface area contributed by atoms with Gasteiger partial charge in [0.25, 0.3) is 0 Å². The number of carbonyl (C=O) groups is 1. The molecule has 0 saturated heterocycles. The molecule has 0 aliphatic heterocycles. The Kier molecular flexibility index (Phi) is 3.57. The van der Waals surface area contributed by atoms with Gasteiger partial charge in [0.15, 0.2) is 5.78 Å². The first kappa shape index (κ1) is 13.9. The highest BCUT2D eigenvalue weighted by Gasteiger charge is 2.24. The molecule has 4 nitrogen and oxygen atoms in total. The summed E-state index contributed by atoms with van der Waals surface area (Å²) in [5.41, 5.74) is 1.02. The molecule has 3 rings (SSSR count). The molecule has 0 spiro atoms. The Balaban J connectivity index is 1.92. The molecule has 0 N–H and O–H groups in total. The summed E-state index contributed by atoms with van der Waals surface area (Å²) < 4.78 is 25.4. The lowest BCUT2D eigenvalue weighted by Crippen LogP contribution is -2.16. The molecular formula is C15H11NO3S2. The molecule has 0 amide bonds. The van der Waals surface area contributed by atoms with Crippen LogP contribution in [0.3, 0.4) is 0 Å². The van der Waals surface area contributed by atoms with Crippen molar-refractivity contribution in [2.75, 3.05) is 5.75 Å². The molecule has 6 heteroatoms. The second-order valence-electron chi connectivity index (χ2n) is 4.50. The van der Waals surface area contributed by atoms with Crippen molar-refractivity contribution in [1.82, 2.24) is 4.98 Å². The smallest absolute Gasteiger partial charge is 0.212 e. The first-order valence-corrected chi connectivity index (χ1v) is 8.70. The van der Waals surface area contributed by atoms with Gasteiger partial charge >= 0.3 is 0 Å². The van der Waals surface area contributed by atoms with Gasteiger partial charge in [-0.05, 0) is 12.1 Å². The third-order valence-electron chi connectivity index (χ3n) is 2.96. The van der Waals surface area contributed by atoms with Crippen LogP contribution in [0.25, 0.3) is 10.2 Å². The van der Waals surface area contributed by atoms with E-state index in [2.05, 4.69) is 4.98 Å². The summed E-state index contributed by atoms with van der Waals surface area (Å²) in [5, 5.41) is 0. The van der Waals surface area contributed by atoms with Crippen molar-refractivity contribution < 1.29 is 13.2 Å². The lowest BCUT2D eigenvalue weighted by atomic mass is 10.2. The zero-order chi connectivity index (χ0) is 14.9. The van der Waals surface area contributed by atoms with Gasteiger partial charge in [0.2, 0.25) is 14.2 Å². The van der Waals surface area contributed by atoms with Crippen LogP contribution in [0.1, 0.15) is 10.4 Å². The molecule has 1 aromatic heterocycles. The number of sulfone groups is 1. The lowest BCUT2D eigenvalue weighted by Gasteiger charge is -2.00. The number of hydrogen-bond acceptors (Lipinski definition) is 5. The first-order chi connectivity index (χ1) is 10.1. The van der Waals surface area contributed by atoms with E-state index in [0.29, 0.717) is 11.1 Å². The molecule has 3 aromatic rings. The highest BCUT2D eigenvalue weighted by Crippen LogP contribution is 2.26. The van der Waals surface area contributed by atoms with Gasteiger partial charge in [0, 0.05) is 5.56 Å². The summed E-state index contributed by atoms with van der Waals surface area (Å²) in [6.45, 7) is 0. The molecule has 0 fully saturated rings. The fourth-order valence-corrected chi connectivity index (χ4v) is 4.45. The number of fused-ring (bicyclic) bond motifs is 1. The number of nitrogens with zero attached hydrogens (tertiary/aromatic N) is 1. The second-order valence-corrected chi connectivity index (χ2v) is 7.69. The standard InChI is InChI=1S/C15H11NO3S2/c17-13(11-6-2-1-3-7-11)10-21(18,19)15-16-12-8-4-5-9-14(12)20-15/h1-9H,10H2. The van der Waals surface area contributed by atoms with Gasteiger partial charge in [-0.25, -0.2) is 13.4 Å². The van der Waals surface area contributed by atoms with Crippen LogP contribution in [0.15, 0.2) is 58.9 Å². The maximum absolute atomic E-state index is 12.3. The quantitative estimate of drug-likeness (QED) is 0.694. The molecule has 1 heterocycles. The normalized spacial score (nSPS) is 11.6. The molecule has 0 aliphatic rings. The van der Waals surface area contributed by atoms with Crippen LogP contribution in [0.4, 0.5) is 0 Å². The number of Topliss-reactive ketones (excluding diaryl/α,β-unsaturated/α-hetero) is 1. The van der Waals surface area contributed by atoms with Gasteiger partial charge < -0.3 is 0 Å². The second kappa shape index (κ2) is 5.38. The molecule has 0 saturated carbocycles. The van der Waals surface area contributed by atoms with Crippen molar-refractivity contribution in [1.29, 1.82) is 0 Å². The van der Waals surface area contributed by atoms with Crippen LogP contribution in [-0.2, 0) is 9.84 Å². The average molecular weight is 317 g/mol. The molecule has 106 valence electrons. The number of thiazole rings is 1. The van der Waals surface area contributed by atoms with E-state index in [1.807, 2.05) is 12.1 Å². The Bertz CT molecular complexity index is 866. The summed E-state index contributed by atoms with van der Waals surface area (Å²) in [6, 6.07) is 15.6. The Morgan fingerprint density at radius 3 is 2.38 bits per heavy atom. The third-order valence-corrected chi connectivity index (χ3v) is 6.07. The SMILES string of the molecule is O=C(CS(=O)(=O)c1nc2ccccc2s1)c1ccccc1. The van der Waals surface area contributed by atoms with Crippen molar-refractivity contribution in [3.05, 3.63) is 60.2 Å². The molecule has 21 heavy (non-hydrogen) atoms. The Hall–Kier alpha value is -2.05. The minimum atomic E-state index is -3.71. The van der Waals surface area contributed by atoms with Crippen LogP contribution in [0.2, 0.25) is 0 Å². The maximum Gasteiger partial charge on any atom is 0.212 e. The summed E-state index contributed by atoms with van der Waals surface area (Å²) in [7, 11) is -3.71. The van der Waals surface area contributed by atoms with Crippen LogP contribution in [-0.4, -0.2) is 24.9 Å². The van der Waals surface area contributed by atoms with Crippen molar-refractivity contribution in [3.63, 3.8) is 0 Å². The van der Waals surface area contributed by atoms with E-state index in [4.69, 9.17) is 0 Å². The number of benzene rings is 2. The van der Waals surface area contributed by atoms with Gasteiger partial charge in [-0.15, -0.1) is 11.3 Å². The van der Waals surface area contributed by atoms with Crippen LogP contribution in [0.5, 0.6) is 0 Å². The third kappa shape index (κ3) is 2.86. The molecule has 0 radical (unpaired) electrons. The Labute approximate surface area is 126 Å². The Morgan fingerprint density at radius 1 is 1.00 bits per heavy atom. The minimum Gasteiger partial charge on any atom is -0.293 e. The van der Waals surface area contributed by atoms with Gasteiger partial charge in [-0.3, -0.25) is 4.79 Å². The maximum atomic E-state index is 12.3. The van der Waals surface area contributed by atoms with E-state index >= 15 is 0 Å². The van der Waals surface area contributed by atoms with E-state index in [1.54, 1.807) is 42.5 Å². The fraction of sp³-hybridized carbons (Fsp3) is 0.0667. The molecular weight excluding hydrogens is 306 g/mol. The van der Waals surface area contributed by atoms with Crippen LogP contribution < -0.4 is 0 Å². The number of hydrogen-bond donors (Lipinski definition) is 0. The highest BCUT2D eigenvalue weighted by atomic mass is 32.2. The molecule has 0 aliphatic carbocycles. The van der Waals surface area contributed by atoms with Crippen molar-refractivity contribution in [2.24, 2.45) is 0 Å². The summed E-state index contributed by atoms with van der Waals surface area (Å²) in [4.78, 5) is 16.2. The monoisotopic (exact) mass is 317 g/mol. The van der Waals surface area contributed by atoms with E-state index < -0.39 is 21.4 Å². The predicted molar refractivity (Wildman–Crippen MR) is 82.4 cm³/mol. The van der Waals surface area contributed by atoms with Crippen LogP contribution >= 0.6 is 11.3 Å². The number of ketones is 1. The first-order valence-electron chi connectivity index (χ1n) is 6.23. The molecule has 0 unspecified atom stereocenters. The topological polar surface area (TPSA) is 64.1 Å². The highest BCUT2D eigenvalue weighted by molar-refractivity contribution is 7.94. The van der Waals surface area contributed by atoms with E-state index in [1.165, 1.54) is 0 Å². The zero-order valence-electron chi connectivity index (χ0n) is 10.9. The summed E-state index contributed by atoms with van der Waals surface area (Å²) in [6.07, 6.45) is 0. The lowest BCUT2D eigenvalue weighted by molar-refractivity contribution is 0.102. The van der Waals surface area contributed by atoms with Crippen molar-refractivity contribution in [3.8, 4) is 0 Å². The average Bonchev–Trinajstić information content (AvgIpc) is 2.92. The van der Waals surface area contributed by atoms with Gasteiger partial charge in [0.1, 0.15) is 5.75 Å². The predicted octanol–water partition coefficient (Wildman–Crippen LogP) is 2.95. The van der Waals surface area contributed by atoms with Gasteiger partial charge in [-0.1, -0.05) is 42.5 Å².